The fraction of sp³-hybridized carbons (Fsp3) is 0.421. The lowest BCUT2D eigenvalue weighted by atomic mass is 9.94. The quantitative estimate of drug-likeness (QED) is 0.819. The van der Waals surface area contributed by atoms with Gasteiger partial charge in [0.05, 0.1) is 11.4 Å². The maximum absolute atomic E-state index is 4.84. The monoisotopic (exact) mass is 280 g/mol. The summed E-state index contributed by atoms with van der Waals surface area (Å²) in [5.41, 5.74) is 3.44. The van der Waals surface area contributed by atoms with E-state index in [1.807, 2.05) is 6.07 Å². The summed E-state index contributed by atoms with van der Waals surface area (Å²) in [5.74, 6) is 0. The Labute approximate surface area is 127 Å². The van der Waals surface area contributed by atoms with E-state index in [1.54, 1.807) is 0 Å². The first-order chi connectivity index (χ1) is 10.3. The van der Waals surface area contributed by atoms with Crippen molar-refractivity contribution in [2.24, 2.45) is 0 Å². The molecule has 0 spiro atoms. The molecule has 3 rings (SSSR count). The first-order valence-electron chi connectivity index (χ1n) is 8.04. The van der Waals surface area contributed by atoms with Crippen LogP contribution in [0, 0.1) is 0 Å². The van der Waals surface area contributed by atoms with Gasteiger partial charge in [0.25, 0.3) is 0 Å². The van der Waals surface area contributed by atoms with E-state index in [2.05, 4.69) is 54.4 Å². The van der Waals surface area contributed by atoms with Crippen molar-refractivity contribution >= 4 is 0 Å². The highest BCUT2D eigenvalue weighted by molar-refractivity contribution is 5.58. The minimum absolute atomic E-state index is 0.737. The van der Waals surface area contributed by atoms with Crippen molar-refractivity contribution in [1.82, 2.24) is 9.88 Å². The summed E-state index contributed by atoms with van der Waals surface area (Å²) < 4.78 is 0. The van der Waals surface area contributed by atoms with Crippen molar-refractivity contribution in [1.29, 1.82) is 0 Å². The number of hydrogen-bond donors (Lipinski definition) is 0. The average Bonchev–Trinajstić information content (AvgIpc) is 2.57. The molecule has 1 aliphatic rings. The van der Waals surface area contributed by atoms with Crippen molar-refractivity contribution in [3.63, 3.8) is 0 Å². The van der Waals surface area contributed by atoms with Crippen LogP contribution in [0.4, 0.5) is 0 Å². The third kappa shape index (κ3) is 3.70. The van der Waals surface area contributed by atoms with Crippen LogP contribution in [-0.4, -0.2) is 23.0 Å². The Morgan fingerprint density at radius 3 is 2.48 bits per heavy atom. The van der Waals surface area contributed by atoms with Gasteiger partial charge in [-0.15, -0.1) is 0 Å². The van der Waals surface area contributed by atoms with Crippen LogP contribution in [0.5, 0.6) is 0 Å². The molecule has 1 saturated carbocycles. The first-order valence-corrected chi connectivity index (χ1v) is 8.04. The topological polar surface area (TPSA) is 16.1 Å². The summed E-state index contributed by atoms with van der Waals surface area (Å²) in [6, 6.07) is 17.5. The van der Waals surface area contributed by atoms with Gasteiger partial charge in [-0.05, 0) is 32.0 Å². The number of benzene rings is 1. The Balaban J connectivity index is 1.71. The van der Waals surface area contributed by atoms with E-state index in [0.717, 1.165) is 18.3 Å². The molecular weight excluding hydrogens is 256 g/mol. The van der Waals surface area contributed by atoms with Gasteiger partial charge < -0.3 is 0 Å². The molecule has 0 N–H and O–H groups in total. The van der Waals surface area contributed by atoms with Gasteiger partial charge in [-0.3, -0.25) is 9.88 Å². The molecular formula is C19H24N2. The fourth-order valence-electron chi connectivity index (χ4n) is 3.24. The molecule has 0 unspecified atom stereocenters. The minimum atomic E-state index is 0.737. The molecule has 2 heteroatoms. The number of rotatable bonds is 4. The summed E-state index contributed by atoms with van der Waals surface area (Å²) in [7, 11) is 2.24. The van der Waals surface area contributed by atoms with Crippen LogP contribution in [0.2, 0.25) is 0 Å². The number of aromatic nitrogens is 1. The molecule has 110 valence electrons. The number of hydrogen-bond acceptors (Lipinski definition) is 2. The molecule has 1 aliphatic carbocycles. The molecule has 1 aromatic carbocycles. The van der Waals surface area contributed by atoms with Crippen molar-refractivity contribution in [3.8, 4) is 11.3 Å². The van der Waals surface area contributed by atoms with Crippen LogP contribution < -0.4 is 0 Å². The smallest absolute Gasteiger partial charge is 0.0705 e. The van der Waals surface area contributed by atoms with E-state index in [-0.39, 0.29) is 0 Å². The predicted octanol–water partition coefficient (Wildman–Crippen LogP) is 4.51. The van der Waals surface area contributed by atoms with Crippen LogP contribution in [0.3, 0.4) is 0 Å². The second kappa shape index (κ2) is 6.86. The predicted molar refractivity (Wildman–Crippen MR) is 88.0 cm³/mol. The molecule has 1 heterocycles. The molecule has 0 amide bonds. The largest absolute Gasteiger partial charge is 0.298 e. The van der Waals surface area contributed by atoms with E-state index >= 15 is 0 Å². The maximum Gasteiger partial charge on any atom is 0.0705 e. The Kier molecular flexibility index (Phi) is 4.66. The fourth-order valence-corrected chi connectivity index (χ4v) is 3.24. The molecule has 0 atom stereocenters. The Morgan fingerprint density at radius 2 is 1.71 bits per heavy atom. The van der Waals surface area contributed by atoms with E-state index in [0.29, 0.717) is 0 Å². The van der Waals surface area contributed by atoms with E-state index in [4.69, 9.17) is 4.98 Å². The van der Waals surface area contributed by atoms with Gasteiger partial charge in [0.15, 0.2) is 0 Å². The lowest BCUT2D eigenvalue weighted by Crippen LogP contribution is -2.33. The molecule has 0 bridgehead atoms. The van der Waals surface area contributed by atoms with Crippen molar-refractivity contribution in [2.45, 2.75) is 44.7 Å². The van der Waals surface area contributed by atoms with E-state index < -0.39 is 0 Å². The van der Waals surface area contributed by atoms with Gasteiger partial charge in [0.1, 0.15) is 0 Å². The zero-order valence-corrected chi connectivity index (χ0v) is 12.8. The van der Waals surface area contributed by atoms with Gasteiger partial charge >= 0.3 is 0 Å². The van der Waals surface area contributed by atoms with Gasteiger partial charge in [-0.1, -0.05) is 55.7 Å². The van der Waals surface area contributed by atoms with E-state index in [1.165, 1.54) is 43.4 Å². The van der Waals surface area contributed by atoms with Crippen molar-refractivity contribution in [2.75, 3.05) is 7.05 Å². The van der Waals surface area contributed by atoms with Crippen LogP contribution in [-0.2, 0) is 6.54 Å². The summed E-state index contributed by atoms with van der Waals surface area (Å²) in [6.45, 7) is 0.950. The molecule has 2 aromatic rings. The summed E-state index contributed by atoms with van der Waals surface area (Å²) in [4.78, 5) is 7.32. The summed E-state index contributed by atoms with van der Waals surface area (Å²) in [6.07, 6.45) is 6.86. The second-order valence-corrected chi connectivity index (χ2v) is 6.09. The Hall–Kier alpha value is -1.67. The SMILES string of the molecule is CN(Cc1cccc(-c2ccccc2)n1)C1CCCCC1. The van der Waals surface area contributed by atoms with Crippen LogP contribution in [0.1, 0.15) is 37.8 Å². The van der Waals surface area contributed by atoms with Gasteiger partial charge in [-0.25, -0.2) is 0 Å². The summed E-state index contributed by atoms with van der Waals surface area (Å²) >= 11 is 0. The Bertz CT molecular complexity index is 559. The van der Waals surface area contributed by atoms with E-state index in [9.17, 15) is 0 Å². The second-order valence-electron chi connectivity index (χ2n) is 6.09. The number of pyridine rings is 1. The normalized spacial score (nSPS) is 16.3. The molecule has 1 aromatic heterocycles. The molecule has 0 radical (unpaired) electrons. The molecule has 2 nitrogen and oxygen atoms in total. The molecule has 1 fully saturated rings. The molecule has 21 heavy (non-hydrogen) atoms. The Morgan fingerprint density at radius 1 is 0.952 bits per heavy atom. The lowest BCUT2D eigenvalue weighted by Gasteiger charge is -2.30. The van der Waals surface area contributed by atoms with Gasteiger partial charge in [0, 0.05) is 18.2 Å². The first kappa shape index (κ1) is 14.3. The standard InChI is InChI=1S/C19H24N2/c1-21(18-12-6-3-7-13-18)15-17-11-8-14-19(20-17)16-9-4-2-5-10-16/h2,4-5,8-11,14,18H,3,6-7,12-13,15H2,1H3. The third-order valence-corrected chi connectivity index (χ3v) is 4.49. The van der Waals surface area contributed by atoms with Crippen LogP contribution in [0.25, 0.3) is 11.3 Å². The number of nitrogens with zero attached hydrogens (tertiary/aromatic N) is 2. The molecule has 0 aliphatic heterocycles. The average molecular weight is 280 g/mol. The minimum Gasteiger partial charge on any atom is -0.298 e. The third-order valence-electron chi connectivity index (χ3n) is 4.49. The zero-order chi connectivity index (χ0) is 14.5. The lowest BCUT2D eigenvalue weighted by molar-refractivity contribution is 0.183. The van der Waals surface area contributed by atoms with Crippen molar-refractivity contribution < 1.29 is 0 Å². The zero-order valence-electron chi connectivity index (χ0n) is 12.8. The highest BCUT2D eigenvalue weighted by Gasteiger charge is 2.18. The maximum atomic E-state index is 4.84. The molecule has 0 saturated heterocycles. The summed E-state index contributed by atoms with van der Waals surface area (Å²) in [5, 5.41) is 0. The highest BCUT2D eigenvalue weighted by atomic mass is 15.1. The van der Waals surface area contributed by atoms with Crippen LogP contribution >= 0.6 is 0 Å². The van der Waals surface area contributed by atoms with Gasteiger partial charge in [0.2, 0.25) is 0 Å². The van der Waals surface area contributed by atoms with Crippen LogP contribution in [0.15, 0.2) is 48.5 Å². The van der Waals surface area contributed by atoms with Crippen molar-refractivity contribution in [3.05, 3.63) is 54.2 Å². The van der Waals surface area contributed by atoms with Gasteiger partial charge in [-0.2, -0.15) is 0 Å². The highest BCUT2D eigenvalue weighted by Crippen LogP contribution is 2.23.